The molecule has 0 atom stereocenters. The molecule has 0 saturated heterocycles. The largest absolute Gasteiger partial charge is 0.484 e. The monoisotopic (exact) mass is 598 g/mol. The lowest BCUT2D eigenvalue weighted by Gasteiger charge is -2.12. The van der Waals surface area contributed by atoms with Gasteiger partial charge in [-0.3, -0.25) is 14.3 Å². The first-order chi connectivity index (χ1) is 17.7. The van der Waals surface area contributed by atoms with Crippen molar-refractivity contribution in [3.8, 4) is 5.75 Å². The van der Waals surface area contributed by atoms with Crippen LogP contribution in [0.15, 0.2) is 106 Å². The lowest BCUT2D eigenvalue weighted by molar-refractivity contribution is -0.118. The van der Waals surface area contributed by atoms with Crippen LogP contribution in [0.25, 0.3) is 0 Å². The molecular weight excluding hydrogens is 580 g/mol. The number of sulfonamides is 1. The van der Waals surface area contributed by atoms with Crippen LogP contribution in [0.5, 0.6) is 5.75 Å². The summed E-state index contributed by atoms with van der Waals surface area (Å²) in [6.07, 6.45) is 0. The Kier molecular flexibility index (Phi) is 8.27. The smallest absolute Gasteiger partial charge is 0.262 e. The SMILES string of the molecule is O=C(COc1ccc(S(=O)(=O)Nc2ccc(Br)cc2)cc1)Nc1ccc(Cl)cc1C(=O)c1ccccc1. The first-order valence-electron chi connectivity index (χ1n) is 10.9. The molecule has 0 radical (unpaired) electrons. The molecule has 37 heavy (non-hydrogen) atoms. The van der Waals surface area contributed by atoms with Crippen LogP contribution in [-0.4, -0.2) is 26.7 Å². The average Bonchev–Trinajstić information content (AvgIpc) is 2.90. The molecule has 0 aliphatic heterocycles. The highest BCUT2D eigenvalue weighted by Gasteiger charge is 2.17. The predicted octanol–water partition coefficient (Wildman–Crippen LogP) is 6.15. The van der Waals surface area contributed by atoms with E-state index in [2.05, 4.69) is 26.0 Å². The molecule has 0 aliphatic rings. The number of anilines is 2. The van der Waals surface area contributed by atoms with Gasteiger partial charge in [0.15, 0.2) is 12.4 Å². The molecule has 0 fully saturated rings. The van der Waals surface area contributed by atoms with Crippen LogP contribution >= 0.6 is 27.5 Å². The molecule has 10 heteroatoms. The molecule has 0 bridgehead atoms. The number of hydrogen-bond acceptors (Lipinski definition) is 5. The van der Waals surface area contributed by atoms with E-state index in [0.717, 1.165) is 4.47 Å². The fraction of sp³-hybridized carbons (Fsp3) is 0.0370. The minimum atomic E-state index is -3.80. The summed E-state index contributed by atoms with van der Waals surface area (Å²) in [4.78, 5) is 25.5. The third kappa shape index (κ3) is 6.97. The van der Waals surface area contributed by atoms with Crippen molar-refractivity contribution in [3.63, 3.8) is 0 Å². The fourth-order valence-corrected chi connectivity index (χ4v) is 4.84. The molecule has 4 aromatic carbocycles. The summed E-state index contributed by atoms with van der Waals surface area (Å²) in [7, 11) is -3.80. The van der Waals surface area contributed by atoms with Gasteiger partial charge in [0.1, 0.15) is 5.75 Å². The lowest BCUT2D eigenvalue weighted by Crippen LogP contribution is -2.21. The standard InChI is InChI=1S/C27H20BrClN2O5S/c28-19-6-9-21(10-7-19)31-37(34,35)23-13-11-22(12-14-23)36-17-26(32)30-25-15-8-20(29)16-24(25)27(33)18-4-2-1-3-5-18/h1-16,31H,17H2,(H,30,32). The van der Waals surface area contributed by atoms with Gasteiger partial charge < -0.3 is 10.1 Å². The first-order valence-corrected chi connectivity index (χ1v) is 13.6. The predicted molar refractivity (Wildman–Crippen MR) is 147 cm³/mol. The van der Waals surface area contributed by atoms with Crippen molar-refractivity contribution in [1.82, 2.24) is 0 Å². The normalized spacial score (nSPS) is 11.0. The first kappa shape index (κ1) is 26.4. The number of halogens is 2. The molecule has 0 saturated carbocycles. The molecule has 2 N–H and O–H groups in total. The summed E-state index contributed by atoms with van der Waals surface area (Å²) >= 11 is 9.39. The molecule has 7 nitrogen and oxygen atoms in total. The highest BCUT2D eigenvalue weighted by molar-refractivity contribution is 9.10. The van der Waals surface area contributed by atoms with Gasteiger partial charge in [0.05, 0.1) is 10.6 Å². The van der Waals surface area contributed by atoms with Crippen LogP contribution in [0.4, 0.5) is 11.4 Å². The molecule has 0 aliphatic carbocycles. The minimum absolute atomic E-state index is 0.0393. The van der Waals surface area contributed by atoms with Gasteiger partial charge in [0.25, 0.3) is 15.9 Å². The van der Waals surface area contributed by atoms with E-state index in [9.17, 15) is 18.0 Å². The van der Waals surface area contributed by atoms with Crippen LogP contribution < -0.4 is 14.8 Å². The number of amides is 1. The van der Waals surface area contributed by atoms with E-state index in [1.807, 2.05) is 0 Å². The van der Waals surface area contributed by atoms with Crippen molar-refractivity contribution in [3.05, 3.63) is 118 Å². The van der Waals surface area contributed by atoms with Crippen LogP contribution in [-0.2, 0) is 14.8 Å². The van der Waals surface area contributed by atoms with Gasteiger partial charge in [-0.05, 0) is 66.7 Å². The lowest BCUT2D eigenvalue weighted by atomic mass is 10.0. The molecule has 0 spiro atoms. The Hall–Kier alpha value is -3.66. The Morgan fingerprint density at radius 2 is 1.54 bits per heavy atom. The number of benzene rings is 4. The Labute approximate surface area is 227 Å². The molecule has 0 unspecified atom stereocenters. The third-order valence-electron chi connectivity index (χ3n) is 5.14. The van der Waals surface area contributed by atoms with Gasteiger partial charge in [0, 0.05) is 26.3 Å². The topological polar surface area (TPSA) is 102 Å². The van der Waals surface area contributed by atoms with Gasteiger partial charge in [-0.1, -0.05) is 57.9 Å². The van der Waals surface area contributed by atoms with E-state index in [-0.39, 0.29) is 22.8 Å². The second kappa shape index (κ2) is 11.6. The average molecular weight is 600 g/mol. The maximum absolute atomic E-state index is 12.9. The summed E-state index contributed by atoms with van der Waals surface area (Å²) in [5.41, 5.74) is 1.43. The van der Waals surface area contributed by atoms with Crippen molar-refractivity contribution < 1.29 is 22.7 Å². The summed E-state index contributed by atoms with van der Waals surface area (Å²) in [5.74, 6) is -0.486. The second-order valence-electron chi connectivity index (χ2n) is 7.81. The van der Waals surface area contributed by atoms with Crippen LogP contribution in [0.3, 0.4) is 0 Å². The maximum atomic E-state index is 12.9. The van der Waals surface area contributed by atoms with Crippen molar-refractivity contribution in [2.45, 2.75) is 4.90 Å². The van der Waals surface area contributed by atoms with E-state index in [1.165, 1.54) is 30.3 Å². The van der Waals surface area contributed by atoms with Crippen LogP contribution in [0.1, 0.15) is 15.9 Å². The Morgan fingerprint density at radius 3 is 2.22 bits per heavy atom. The van der Waals surface area contributed by atoms with Crippen molar-refractivity contribution in [2.24, 2.45) is 0 Å². The quantitative estimate of drug-likeness (QED) is 0.225. The highest BCUT2D eigenvalue weighted by atomic mass is 79.9. The molecule has 4 aromatic rings. The Balaban J connectivity index is 1.39. The van der Waals surface area contributed by atoms with Crippen molar-refractivity contribution >= 4 is 60.6 Å². The number of carbonyl (C=O) groups is 2. The molecule has 1 amide bonds. The number of ketones is 1. The number of hydrogen-bond donors (Lipinski definition) is 2. The fourth-order valence-electron chi connectivity index (χ4n) is 3.34. The van der Waals surface area contributed by atoms with Crippen molar-refractivity contribution in [1.29, 1.82) is 0 Å². The third-order valence-corrected chi connectivity index (χ3v) is 7.30. The molecule has 0 heterocycles. The molecule has 188 valence electrons. The summed E-state index contributed by atoms with van der Waals surface area (Å²) in [6.45, 7) is -0.356. The van der Waals surface area contributed by atoms with Crippen molar-refractivity contribution in [2.75, 3.05) is 16.6 Å². The zero-order valence-corrected chi connectivity index (χ0v) is 22.3. The van der Waals surface area contributed by atoms with E-state index >= 15 is 0 Å². The van der Waals surface area contributed by atoms with E-state index in [1.54, 1.807) is 66.7 Å². The molecule has 4 rings (SSSR count). The minimum Gasteiger partial charge on any atom is -0.484 e. The van der Waals surface area contributed by atoms with E-state index < -0.39 is 15.9 Å². The van der Waals surface area contributed by atoms with Gasteiger partial charge in [-0.25, -0.2) is 8.42 Å². The Bertz CT molecular complexity index is 1530. The van der Waals surface area contributed by atoms with Gasteiger partial charge in [-0.15, -0.1) is 0 Å². The van der Waals surface area contributed by atoms with Gasteiger partial charge >= 0.3 is 0 Å². The number of nitrogens with one attached hydrogen (secondary N) is 2. The highest BCUT2D eigenvalue weighted by Crippen LogP contribution is 2.24. The zero-order valence-electron chi connectivity index (χ0n) is 19.2. The van der Waals surface area contributed by atoms with E-state index in [4.69, 9.17) is 16.3 Å². The zero-order chi connectivity index (χ0) is 26.4. The Morgan fingerprint density at radius 1 is 0.865 bits per heavy atom. The number of rotatable bonds is 9. The number of carbonyl (C=O) groups excluding carboxylic acids is 2. The van der Waals surface area contributed by atoms with E-state index in [0.29, 0.717) is 27.7 Å². The summed E-state index contributed by atoms with van der Waals surface area (Å²) in [6, 6.07) is 25.7. The summed E-state index contributed by atoms with van der Waals surface area (Å²) < 4.78 is 34.1. The summed E-state index contributed by atoms with van der Waals surface area (Å²) in [5, 5.41) is 3.03. The molecular formula is C27H20BrClN2O5S. The maximum Gasteiger partial charge on any atom is 0.262 e. The van der Waals surface area contributed by atoms with Gasteiger partial charge in [-0.2, -0.15) is 0 Å². The molecule has 0 aromatic heterocycles. The number of ether oxygens (including phenoxy) is 1. The van der Waals surface area contributed by atoms with Crippen LogP contribution in [0, 0.1) is 0 Å². The second-order valence-corrected chi connectivity index (χ2v) is 10.8. The van der Waals surface area contributed by atoms with Gasteiger partial charge in [0.2, 0.25) is 0 Å². The van der Waals surface area contributed by atoms with Crippen LogP contribution in [0.2, 0.25) is 5.02 Å².